The van der Waals surface area contributed by atoms with Gasteiger partial charge in [-0.3, -0.25) is 9.69 Å². The summed E-state index contributed by atoms with van der Waals surface area (Å²) in [6, 6.07) is 6.34. The molecule has 1 fully saturated rings. The second-order valence-corrected chi connectivity index (χ2v) is 5.29. The van der Waals surface area contributed by atoms with Crippen molar-refractivity contribution in [1.29, 1.82) is 0 Å². The fourth-order valence-corrected chi connectivity index (χ4v) is 2.59. The lowest BCUT2D eigenvalue weighted by atomic mass is 10.1. The van der Waals surface area contributed by atoms with Crippen LogP contribution in [0.25, 0.3) is 0 Å². The Kier molecular flexibility index (Phi) is 4.56. The minimum atomic E-state index is 0.0538. The number of likely N-dealkylation sites (tertiary alicyclic amines) is 1. The molecule has 1 aliphatic heterocycles. The van der Waals surface area contributed by atoms with Crippen LogP contribution in [0.4, 0.5) is 5.69 Å². The number of nitrogens with one attached hydrogen (secondary N) is 1. The third-order valence-corrected chi connectivity index (χ3v) is 3.68. The van der Waals surface area contributed by atoms with Gasteiger partial charge in [0, 0.05) is 24.8 Å². The van der Waals surface area contributed by atoms with E-state index in [2.05, 4.69) is 23.2 Å². The van der Waals surface area contributed by atoms with Gasteiger partial charge >= 0.3 is 0 Å². The van der Waals surface area contributed by atoms with E-state index in [-0.39, 0.29) is 11.9 Å². The number of amides is 1. The van der Waals surface area contributed by atoms with E-state index in [1.165, 1.54) is 5.56 Å². The number of carbonyl (C=O) groups excluding carboxylic acids is 1. The lowest BCUT2D eigenvalue weighted by Crippen LogP contribution is -2.34. The van der Waals surface area contributed by atoms with Crippen molar-refractivity contribution in [3.63, 3.8) is 0 Å². The summed E-state index contributed by atoms with van der Waals surface area (Å²) >= 11 is 0. The molecule has 0 aromatic heterocycles. The Morgan fingerprint density at radius 2 is 2.32 bits per heavy atom. The monoisotopic (exact) mass is 261 g/mol. The maximum Gasteiger partial charge on any atom is 0.238 e. The first-order chi connectivity index (χ1) is 9.10. The molecule has 1 aliphatic rings. The molecule has 0 saturated carbocycles. The third-order valence-electron chi connectivity index (χ3n) is 3.68. The van der Waals surface area contributed by atoms with E-state index >= 15 is 0 Å². The lowest BCUT2D eigenvalue weighted by molar-refractivity contribution is -0.117. The normalized spacial score (nSPS) is 19.6. The number of hydrogen-bond acceptors (Lipinski definition) is 3. The number of hydrogen-bond donors (Lipinski definition) is 2. The van der Waals surface area contributed by atoms with Crippen molar-refractivity contribution in [3.05, 3.63) is 29.3 Å². The molecule has 1 aromatic carbocycles. The van der Waals surface area contributed by atoms with E-state index in [4.69, 9.17) is 5.73 Å². The molecule has 104 valence electrons. The van der Waals surface area contributed by atoms with Crippen molar-refractivity contribution in [3.8, 4) is 0 Å². The highest BCUT2D eigenvalue weighted by molar-refractivity contribution is 5.93. The average Bonchev–Trinajstić information content (AvgIpc) is 2.77. The summed E-state index contributed by atoms with van der Waals surface area (Å²) in [5, 5.41) is 3.05. The van der Waals surface area contributed by atoms with Crippen LogP contribution in [-0.4, -0.2) is 36.5 Å². The van der Waals surface area contributed by atoms with Gasteiger partial charge in [0.2, 0.25) is 5.91 Å². The summed E-state index contributed by atoms with van der Waals surface area (Å²) in [7, 11) is 0. The quantitative estimate of drug-likeness (QED) is 0.864. The number of nitrogens with zero attached hydrogens (tertiary/aromatic N) is 1. The highest BCUT2D eigenvalue weighted by Crippen LogP contribution is 2.21. The number of carbonyl (C=O) groups is 1. The molecule has 1 amide bonds. The molecule has 4 nitrogen and oxygen atoms in total. The van der Waals surface area contributed by atoms with E-state index in [1.807, 2.05) is 19.1 Å². The van der Waals surface area contributed by atoms with Crippen LogP contribution >= 0.6 is 0 Å². The van der Waals surface area contributed by atoms with Gasteiger partial charge in [-0.25, -0.2) is 0 Å². The maximum atomic E-state index is 12.1. The predicted octanol–water partition coefficient (Wildman–Crippen LogP) is 1.53. The molecule has 0 bridgehead atoms. The van der Waals surface area contributed by atoms with Crippen LogP contribution in [-0.2, 0) is 11.2 Å². The van der Waals surface area contributed by atoms with Gasteiger partial charge in [-0.1, -0.05) is 25.1 Å². The Morgan fingerprint density at radius 1 is 1.53 bits per heavy atom. The Labute approximate surface area is 115 Å². The SMILES string of the molecule is CCc1cccc(C)c1NC(=O)CN1CC[C@H](N)C1. The zero-order chi connectivity index (χ0) is 13.8. The van der Waals surface area contributed by atoms with Crippen LogP contribution in [0.5, 0.6) is 0 Å². The van der Waals surface area contributed by atoms with Gasteiger partial charge in [-0.15, -0.1) is 0 Å². The summed E-state index contributed by atoms with van der Waals surface area (Å²) in [5.41, 5.74) is 9.12. The molecule has 1 saturated heterocycles. The molecule has 0 unspecified atom stereocenters. The summed E-state index contributed by atoms with van der Waals surface area (Å²) in [6.07, 6.45) is 1.91. The van der Waals surface area contributed by atoms with E-state index < -0.39 is 0 Å². The Balaban J connectivity index is 1.99. The summed E-state index contributed by atoms with van der Waals surface area (Å²) in [4.78, 5) is 14.2. The lowest BCUT2D eigenvalue weighted by Gasteiger charge is -2.17. The van der Waals surface area contributed by atoms with Crippen LogP contribution in [0.3, 0.4) is 0 Å². The van der Waals surface area contributed by atoms with E-state index in [0.717, 1.165) is 37.2 Å². The number of anilines is 1. The van der Waals surface area contributed by atoms with Gasteiger partial charge in [0.05, 0.1) is 6.54 Å². The van der Waals surface area contributed by atoms with Crippen molar-refractivity contribution in [2.24, 2.45) is 5.73 Å². The number of rotatable bonds is 4. The first kappa shape index (κ1) is 14.0. The highest BCUT2D eigenvalue weighted by atomic mass is 16.2. The van der Waals surface area contributed by atoms with E-state index in [1.54, 1.807) is 0 Å². The molecule has 1 aromatic rings. The molecular weight excluding hydrogens is 238 g/mol. The van der Waals surface area contributed by atoms with Crippen LogP contribution in [0.15, 0.2) is 18.2 Å². The van der Waals surface area contributed by atoms with Gasteiger partial charge in [-0.05, 0) is 30.9 Å². The molecule has 19 heavy (non-hydrogen) atoms. The second-order valence-electron chi connectivity index (χ2n) is 5.29. The third kappa shape index (κ3) is 3.55. The van der Waals surface area contributed by atoms with E-state index in [0.29, 0.717) is 6.54 Å². The topological polar surface area (TPSA) is 58.4 Å². The van der Waals surface area contributed by atoms with Crippen molar-refractivity contribution in [1.82, 2.24) is 4.90 Å². The molecule has 1 heterocycles. The fourth-order valence-electron chi connectivity index (χ4n) is 2.59. The van der Waals surface area contributed by atoms with Crippen LogP contribution in [0.1, 0.15) is 24.5 Å². The van der Waals surface area contributed by atoms with Crippen LogP contribution in [0, 0.1) is 6.92 Å². The first-order valence-corrected chi connectivity index (χ1v) is 6.96. The fraction of sp³-hybridized carbons (Fsp3) is 0.533. The highest BCUT2D eigenvalue weighted by Gasteiger charge is 2.21. The zero-order valence-corrected chi connectivity index (χ0v) is 11.8. The van der Waals surface area contributed by atoms with E-state index in [9.17, 15) is 4.79 Å². The molecule has 0 aliphatic carbocycles. The first-order valence-electron chi connectivity index (χ1n) is 6.96. The minimum Gasteiger partial charge on any atom is -0.326 e. The van der Waals surface area contributed by atoms with Crippen molar-refractivity contribution in [2.75, 3.05) is 25.0 Å². The van der Waals surface area contributed by atoms with Crippen molar-refractivity contribution >= 4 is 11.6 Å². The number of aryl methyl sites for hydroxylation is 2. The van der Waals surface area contributed by atoms with Gasteiger partial charge in [-0.2, -0.15) is 0 Å². The Bertz CT molecular complexity index is 459. The number of nitrogens with two attached hydrogens (primary N) is 1. The average molecular weight is 261 g/mol. The van der Waals surface area contributed by atoms with Crippen LogP contribution < -0.4 is 11.1 Å². The van der Waals surface area contributed by atoms with Crippen molar-refractivity contribution in [2.45, 2.75) is 32.7 Å². The maximum absolute atomic E-state index is 12.1. The molecule has 0 radical (unpaired) electrons. The standard InChI is InChI=1S/C15H23N3O/c1-3-12-6-4-5-11(2)15(12)17-14(19)10-18-8-7-13(16)9-18/h4-6,13H,3,7-10,16H2,1-2H3,(H,17,19)/t13-/m0/s1. The zero-order valence-electron chi connectivity index (χ0n) is 11.8. The molecule has 0 spiro atoms. The minimum absolute atomic E-state index is 0.0538. The molecule has 1 atom stereocenters. The summed E-state index contributed by atoms with van der Waals surface area (Å²) in [6.45, 7) is 6.31. The van der Waals surface area contributed by atoms with Gasteiger partial charge in [0.15, 0.2) is 0 Å². The van der Waals surface area contributed by atoms with Crippen molar-refractivity contribution < 1.29 is 4.79 Å². The Morgan fingerprint density at radius 3 is 2.95 bits per heavy atom. The number of benzene rings is 1. The smallest absolute Gasteiger partial charge is 0.238 e. The second kappa shape index (κ2) is 6.17. The predicted molar refractivity (Wildman–Crippen MR) is 78.2 cm³/mol. The molecule has 2 rings (SSSR count). The Hall–Kier alpha value is -1.39. The van der Waals surface area contributed by atoms with Crippen LogP contribution in [0.2, 0.25) is 0 Å². The van der Waals surface area contributed by atoms with Gasteiger partial charge < -0.3 is 11.1 Å². The molecular formula is C15H23N3O. The molecule has 4 heteroatoms. The summed E-state index contributed by atoms with van der Waals surface area (Å²) < 4.78 is 0. The van der Waals surface area contributed by atoms with Gasteiger partial charge in [0.25, 0.3) is 0 Å². The largest absolute Gasteiger partial charge is 0.326 e. The number of para-hydroxylation sites is 1. The molecule has 3 N–H and O–H groups in total. The summed E-state index contributed by atoms with van der Waals surface area (Å²) in [5.74, 6) is 0.0538. The van der Waals surface area contributed by atoms with Gasteiger partial charge in [0.1, 0.15) is 0 Å².